The van der Waals surface area contributed by atoms with Crippen molar-refractivity contribution in [3.8, 4) is 0 Å². The Kier molecular flexibility index (Phi) is 4.28. The molecule has 0 aliphatic heterocycles. The van der Waals surface area contributed by atoms with Crippen LogP contribution in [0, 0.1) is 0 Å². The van der Waals surface area contributed by atoms with Crippen molar-refractivity contribution < 1.29 is 5.11 Å². The van der Waals surface area contributed by atoms with E-state index < -0.39 is 0 Å². The first kappa shape index (κ1) is 11.8. The molecule has 1 atom stereocenters. The smallest absolute Gasteiger partial charge is 0.0791 e. The lowest BCUT2D eigenvalue weighted by molar-refractivity contribution is 0.164. The molecule has 2 rings (SSSR count). The maximum Gasteiger partial charge on any atom is 0.0791 e. The molecule has 1 aromatic heterocycles. The predicted octanol–water partition coefficient (Wildman–Crippen LogP) is 3.14. The molecule has 0 saturated heterocycles. The van der Waals surface area contributed by atoms with E-state index in [-0.39, 0.29) is 6.10 Å². The van der Waals surface area contributed by atoms with E-state index in [1.807, 2.05) is 18.2 Å². The fraction of sp³-hybridized carbons (Fsp3) is 0.267. The summed E-state index contributed by atoms with van der Waals surface area (Å²) in [6.07, 6.45) is 5.86. The number of aromatic nitrogens is 1. The van der Waals surface area contributed by atoms with E-state index in [9.17, 15) is 5.11 Å². The molecule has 0 aliphatic carbocycles. The Hall–Kier alpha value is -1.67. The lowest BCUT2D eigenvalue weighted by atomic mass is 10.0. The van der Waals surface area contributed by atoms with Crippen molar-refractivity contribution in [2.24, 2.45) is 0 Å². The summed E-state index contributed by atoms with van der Waals surface area (Å²) >= 11 is 0. The van der Waals surface area contributed by atoms with E-state index in [1.54, 1.807) is 12.4 Å². The monoisotopic (exact) mass is 227 g/mol. The minimum absolute atomic E-state index is 0.373. The molecule has 2 heteroatoms. The standard InChI is InChI=1S/C15H17NO/c17-15(14-9-11-16-12-10-14)8-4-7-13-5-2-1-3-6-13/h1-3,5-6,9-12,15,17H,4,7-8H2. The first-order valence-corrected chi connectivity index (χ1v) is 5.98. The maximum absolute atomic E-state index is 9.97. The highest BCUT2D eigenvalue weighted by atomic mass is 16.3. The first-order valence-electron chi connectivity index (χ1n) is 5.98. The highest BCUT2D eigenvalue weighted by Crippen LogP contribution is 2.18. The normalized spacial score (nSPS) is 12.3. The fourth-order valence-electron chi connectivity index (χ4n) is 1.90. The van der Waals surface area contributed by atoms with Crippen LogP contribution in [0.3, 0.4) is 0 Å². The second-order valence-electron chi connectivity index (χ2n) is 4.17. The Morgan fingerprint density at radius 3 is 2.41 bits per heavy atom. The topological polar surface area (TPSA) is 33.1 Å². The highest BCUT2D eigenvalue weighted by Gasteiger charge is 2.06. The van der Waals surface area contributed by atoms with Gasteiger partial charge in [-0.15, -0.1) is 0 Å². The summed E-state index contributed by atoms with van der Waals surface area (Å²) in [7, 11) is 0. The van der Waals surface area contributed by atoms with Crippen LogP contribution in [-0.2, 0) is 6.42 Å². The zero-order valence-electron chi connectivity index (χ0n) is 9.79. The van der Waals surface area contributed by atoms with E-state index >= 15 is 0 Å². The van der Waals surface area contributed by atoms with E-state index in [0.717, 1.165) is 24.8 Å². The average Bonchev–Trinajstić information content (AvgIpc) is 2.41. The predicted molar refractivity (Wildman–Crippen MR) is 68.6 cm³/mol. The Morgan fingerprint density at radius 2 is 1.71 bits per heavy atom. The van der Waals surface area contributed by atoms with E-state index in [2.05, 4.69) is 29.2 Å². The summed E-state index contributed by atoms with van der Waals surface area (Å²) in [6.45, 7) is 0. The van der Waals surface area contributed by atoms with Crippen molar-refractivity contribution in [1.29, 1.82) is 0 Å². The summed E-state index contributed by atoms with van der Waals surface area (Å²) in [4.78, 5) is 3.94. The summed E-state index contributed by atoms with van der Waals surface area (Å²) in [5.74, 6) is 0. The van der Waals surface area contributed by atoms with Gasteiger partial charge in [0.2, 0.25) is 0 Å². The second-order valence-corrected chi connectivity index (χ2v) is 4.17. The summed E-state index contributed by atoms with van der Waals surface area (Å²) in [6, 6.07) is 14.1. The van der Waals surface area contributed by atoms with Gasteiger partial charge in [0.05, 0.1) is 6.10 Å². The van der Waals surface area contributed by atoms with E-state index in [1.165, 1.54) is 5.56 Å². The van der Waals surface area contributed by atoms with Crippen molar-refractivity contribution in [2.45, 2.75) is 25.4 Å². The molecular weight excluding hydrogens is 210 g/mol. The van der Waals surface area contributed by atoms with Crippen LogP contribution in [0.2, 0.25) is 0 Å². The Bertz CT molecular complexity index is 427. The van der Waals surface area contributed by atoms with Crippen LogP contribution in [0.25, 0.3) is 0 Å². The fourth-order valence-corrected chi connectivity index (χ4v) is 1.90. The first-order chi connectivity index (χ1) is 8.36. The van der Waals surface area contributed by atoms with E-state index in [0.29, 0.717) is 0 Å². The van der Waals surface area contributed by atoms with Crippen LogP contribution in [0.15, 0.2) is 54.9 Å². The molecule has 1 unspecified atom stereocenters. The van der Waals surface area contributed by atoms with Gasteiger partial charge in [0, 0.05) is 12.4 Å². The molecule has 2 nitrogen and oxygen atoms in total. The van der Waals surface area contributed by atoms with Gasteiger partial charge < -0.3 is 5.11 Å². The summed E-state index contributed by atoms with van der Waals surface area (Å²) < 4.78 is 0. The Morgan fingerprint density at radius 1 is 1.00 bits per heavy atom. The van der Waals surface area contributed by atoms with Crippen LogP contribution in [0.5, 0.6) is 0 Å². The zero-order valence-corrected chi connectivity index (χ0v) is 9.79. The molecule has 2 aromatic rings. The van der Waals surface area contributed by atoms with Crippen molar-refractivity contribution >= 4 is 0 Å². The van der Waals surface area contributed by atoms with Gasteiger partial charge in [0.1, 0.15) is 0 Å². The third-order valence-electron chi connectivity index (χ3n) is 2.88. The van der Waals surface area contributed by atoms with Crippen LogP contribution in [0.4, 0.5) is 0 Å². The van der Waals surface area contributed by atoms with Crippen molar-refractivity contribution in [3.05, 3.63) is 66.0 Å². The lowest BCUT2D eigenvalue weighted by Gasteiger charge is -2.10. The minimum atomic E-state index is -0.373. The lowest BCUT2D eigenvalue weighted by Crippen LogP contribution is -1.98. The molecule has 88 valence electrons. The highest BCUT2D eigenvalue weighted by molar-refractivity contribution is 5.15. The Balaban J connectivity index is 1.79. The summed E-state index contributed by atoms with van der Waals surface area (Å²) in [5.41, 5.74) is 2.28. The molecule has 0 fully saturated rings. The molecule has 1 N–H and O–H groups in total. The van der Waals surface area contributed by atoms with Gasteiger partial charge in [-0.05, 0) is 42.5 Å². The zero-order chi connectivity index (χ0) is 11.9. The number of hydrogen-bond acceptors (Lipinski definition) is 2. The summed E-state index contributed by atoms with van der Waals surface area (Å²) in [5, 5.41) is 9.97. The number of aliphatic hydroxyl groups excluding tert-OH is 1. The van der Waals surface area contributed by atoms with Gasteiger partial charge in [0.15, 0.2) is 0 Å². The molecule has 0 spiro atoms. The van der Waals surface area contributed by atoms with Crippen LogP contribution < -0.4 is 0 Å². The average molecular weight is 227 g/mol. The molecule has 0 amide bonds. The van der Waals surface area contributed by atoms with Gasteiger partial charge >= 0.3 is 0 Å². The molecule has 1 aromatic carbocycles. The van der Waals surface area contributed by atoms with Crippen molar-refractivity contribution in [2.75, 3.05) is 0 Å². The van der Waals surface area contributed by atoms with Crippen molar-refractivity contribution in [1.82, 2.24) is 4.98 Å². The van der Waals surface area contributed by atoms with E-state index in [4.69, 9.17) is 0 Å². The molecule has 0 bridgehead atoms. The quantitative estimate of drug-likeness (QED) is 0.851. The number of rotatable bonds is 5. The number of benzene rings is 1. The van der Waals surface area contributed by atoms with Gasteiger partial charge in [-0.2, -0.15) is 0 Å². The SMILES string of the molecule is OC(CCCc1ccccc1)c1ccncc1. The molecular formula is C15H17NO. The van der Waals surface area contributed by atoms with Crippen LogP contribution >= 0.6 is 0 Å². The number of pyridine rings is 1. The molecule has 0 aliphatic rings. The third kappa shape index (κ3) is 3.68. The van der Waals surface area contributed by atoms with Gasteiger partial charge in [-0.25, -0.2) is 0 Å². The maximum atomic E-state index is 9.97. The molecule has 0 saturated carbocycles. The van der Waals surface area contributed by atoms with Gasteiger partial charge in [-0.1, -0.05) is 30.3 Å². The van der Waals surface area contributed by atoms with Crippen molar-refractivity contribution in [3.63, 3.8) is 0 Å². The number of hydrogen-bond donors (Lipinski definition) is 1. The molecule has 1 heterocycles. The minimum Gasteiger partial charge on any atom is -0.388 e. The third-order valence-corrected chi connectivity index (χ3v) is 2.88. The molecule has 0 radical (unpaired) electrons. The largest absolute Gasteiger partial charge is 0.388 e. The van der Waals surface area contributed by atoms with Crippen LogP contribution in [-0.4, -0.2) is 10.1 Å². The van der Waals surface area contributed by atoms with Gasteiger partial charge in [-0.3, -0.25) is 4.98 Å². The number of aryl methyl sites for hydroxylation is 1. The second kappa shape index (κ2) is 6.16. The van der Waals surface area contributed by atoms with Crippen LogP contribution in [0.1, 0.15) is 30.1 Å². The van der Waals surface area contributed by atoms with Gasteiger partial charge in [0.25, 0.3) is 0 Å². The Labute approximate surface area is 102 Å². The molecule has 17 heavy (non-hydrogen) atoms. The number of nitrogens with zero attached hydrogens (tertiary/aromatic N) is 1. The number of aliphatic hydroxyl groups is 1.